The van der Waals surface area contributed by atoms with Gasteiger partial charge in [0, 0.05) is 38.6 Å². The van der Waals surface area contributed by atoms with Crippen LogP contribution in [0.5, 0.6) is 0 Å². The molecule has 1 amide bonds. The highest BCUT2D eigenvalue weighted by molar-refractivity contribution is 6.39. The van der Waals surface area contributed by atoms with E-state index in [9.17, 15) is 31.1 Å². The van der Waals surface area contributed by atoms with E-state index in [0.29, 0.717) is 12.1 Å². The van der Waals surface area contributed by atoms with E-state index in [0.717, 1.165) is 45.4 Å². The Morgan fingerprint density at radius 1 is 0.851 bits per heavy atom. The van der Waals surface area contributed by atoms with Crippen LogP contribution in [0.2, 0.25) is 0 Å². The van der Waals surface area contributed by atoms with Gasteiger partial charge in [-0.1, -0.05) is 78.7 Å². The number of nitrogens with one attached hydrogen (secondary N) is 2. The summed E-state index contributed by atoms with van der Waals surface area (Å²) in [5.74, 6) is -5.57. The van der Waals surface area contributed by atoms with E-state index in [1.165, 1.54) is 24.0 Å². The van der Waals surface area contributed by atoms with Gasteiger partial charge in [0.15, 0.2) is 5.60 Å². The third kappa shape index (κ3) is 11.8. The van der Waals surface area contributed by atoms with Crippen molar-refractivity contribution in [1.82, 2.24) is 15.5 Å². The third-order valence-corrected chi connectivity index (χ3v) is 7.75. The van der Waals surface area contributed by atoms with Gasteiger partial charge >= 0.3 is 24.3 Å². The number of carbonyl (C=O) groups is 3. The lowest BCUT2D eigenvalue weighted by molar-refractivity contribution is -0.193. The Morgan fingerprint density at radius 3 is 1.87 bits per heavy atom. The number of aliphatic carboxylic acids is 2. The number of carbonyl (C=O) groups excluding carboxylic acids is 1. The fourth-order valence-corrected chi connectivity index (χ4v) is 5.47. The Balaban J connectivity index is 0.000000360. The molecule has 0 bridgehead atoms. The van der Waals surface area contributed by atoms with Gasteiger partial charge in [0.05, 0.1) is 6.04 Å². The number of oxime groups is 1. The normalized spacial score (nSPS) is 21.4. The Labute approximate surface area is 266 Å². The van der Waals surface area contributed by atoms with Crippen molar-refractivity contribution < 1.29 is 55.8 Å². The number of likely N-dealkylation sites (tertiary alicyclic amines) is 1. The van der Waals surface area contributed by atoms with Gasteiger partial charge in [0.2, 0.25) is 0 Å². The zero-order valence-electron chi connectivity index (χ0n) is 25.2. The minimum atomic E-state index is -5.08. The fraction of sp³-hybridized carbons (Fsp3) is 0.484. The van der Waals surface area contributed by atoms with Crippen molar-refractivity contribution in [2.24, 2.45) is 5.16 Å². The molecule has 2 unspecified atom stereocenters. The van der Waals surface area contributed by atoms with Crippen LogP contribution in [0.1, 0.15) is 49.7 Å². The summed E-state index contributed by atoms with van der Waals surface area (Å²) in [5.41, 5.74) is 2.55. The third-order valence-electron chi connectivity index (χ3n) is 7.75. The zero-order valence-corrected chi connectivity index (χ0v) is 25.2. The van der Waals surface area contributed by atoms with Crippen molar-refractivity contribution in [3.8, 4) is 0 Å². The quantitative estimate of drug-likeness (QED) is 0.305. The molecule has 0 aromatic heterocycles. The highest BCUT2D eigenvalue weighted by atomic mass is 19.4. The average molecular weight is 675 g/mol. The van der Waals surface area contributed by atoms with Crippen molar-refractivity contribution in [3.05, 3.63) is 71.8 Å². The molecule has 10 nitrogen and oxygen atoms in total. The summed E-state index contributed by atoms with van der Waals surface area (Å²) in [5, 5.41) is 25.5. The maximum atomic E-state index is 12.9. The second-order valence-electron chi connectivity index (χ2n) is 11.3. The Morgan fingerprint density at radius 2 is 1.36 bits per heavy atom. The minimum Gasteiger partial charge on any atom is -0.475 e. The van der Waals surface area contributed by atoms with Crippen LogP contribution < -0.4 is 10.6 Å². The number of benzene rings is 2. The monoisotopic (exact) mass is 674 g/mol. The number of halogens is 6. The van der Waals surface area contributed by atoms with Gasteiger partial charge in [-0.25, -0.2) is 9.59 Å². The largest absolute Gasteiger partial charge is 0.490 e. The number of piperidine rings is 1. The second-order valence-corrected chi connectivity index (χ2v) is 11.3. The fourth-order valence-electron chi connectivity index (χ4n) is 5.47. The summed E-state index contributed by atoms with van der Waals surface area (Å²) in [6.07, 6.45) is -4.15. The first kappa shape index (κ1) is 37.3. The summed E-state index contributed by atoms with van der Waals surface area (Å²) >= 11 is 0. The average Bonchev–Trinajstić information content (AvgIpc) is 3.68. The molecule has 0 radical (unpaired) electrons. The Bertz CT molecular complexity index is 1330. The number of amides is 1. The summed E-state index contributed by atoms with van der Waals surface area (Å²) in [4.78, 5) is 39.3. The second kappa shape index (κ2) is 16.6. The van der Waals surface area contributed by atoms with Gasteiger partial charge < -0.3 is 25.7 Å². The van der Waals surface area contributed by atoms with Crippen LogP contribution in [0, 0.1) is 0 Å². The van der Waals surface area contributed by atoms with E-state index < -0.39 is 29.9 Å². The molecular formula is C31H36F6N4O6. The van der Waals surface area contributed by atoms with E-state index in [2.05, 4.69) is 69.2 Å². The maximum Gasteiger partial charge on any atom is 0.490 e. The highest BCUT2D eigenvalue weighted by Crippen LogP contribution is 2.35. The molecule has 2 aromatic carbocycles. The summed E-state index contributed by atoms with van der Waals surface area (Å²) < 4.78 is 63.5. The van der Waals surface area contributed by atoms with E-state index in [4.69, 9.17) is 24.6 Å². The van der Waals surface area contributed by atoms with Gasteiger partial charge in [-0.05, 0) is 30.4 Å². The molecule has 2 aliphatic heterocycles. The number of carboxylic acids is 2. The van der Waals surface area contributed by atoms with Crippen LogP contribution in [0.3, 0.4) is 0 Å². The molecular weight excluding hydrogens is 638 g/mol. The van der Waals surface area contributed by atoms with Crippen molar-refractivity contribution in [1.29, 1.82) is 0 Å². The van der Waals surface area contributed by atoms with Crippen LogP contribution in [0.25, 0.3) is 0 Å². The van der Waals surface area contributed by atoms with Gasteiger partial charge in [0.1, 0.15) is 5.71 Å². The lowest BCUT2D eigenvalue weighted by atomic mass is 9.82. The first-order valence-electron chi connectivity index (χ1n) is 14.8. The lowest BCUT2D eigenvalue weighted by Gasteiger charge is -2.44. The SMILES string of the molecule is O=C(NC1CCCC1)C1=NOC2(C1)CN(Cc1ccccc1)CCC2NCc1ccccc1.O=C(O)C(F)(F)F.O=C(O)C(F)(F)F. The van der Waals surface area contributed by atoms with Crippen LogP contribution in [0.15, 0.2) is 65.8 Å². The van der Waals surface area contributed by atoms with Gasteiger partial charge in [0.25, 0.3) is 5.91 Å². The van der Waals surface area contributed by atoms with E-state index in [-0.39, 0.29) is 18.0 Å². The zero-order chi connectivity index (χ0) is 34.7. The number of hydrogen-bond donors (Lipinski definition) is 4. The number of hydrogen-bond acceptors (Lipinski definition) is 7. The van der Waals surface area contributed by atoms with Crippen molar-refractivity contribution in [2.75, 3.05) is 13.1 Å². The van der Waals surface area contributed by atoms with Crippen molar-refractivity contribution >= 4 is 23.6 Å². The molecule has 1 saturated carbocycles. The van der Waals surface area contributed by atoms with E-state index in [1.807, 2.05) is 12.1 Å². The molecule has 4 N–H and O–H groups in total. The van der Waals surface area contributed by atoms with Crippen LogP contribution >= 0.6 is 0 Å². The molecule has 16 heteroatoms. The summed E-state index contributed by atoms with van der Waals surface area (Å²) in [6, 6.07) is 21.4. The summed E-state index contributed by atoms with van der Waals surface area (Å²) in [6.45, 7) is 3.38. The molecule has 1 saturated heterocycles. The molecule has 2 fully saturated rings. The lowest BCUT2D eigenvalue weighted by Crippen LogP contribution is -2.61. The maximum absolute atomic E-state index is 12.9. The van der Waals surface area contributed by atoms with Crippen LogP contribution in [-0.2, 0) is 32.3 Å². The first-order valence-corrected chi connectivity index (χ1v) is 14.8. The Hall–Kier alpha value is -4.18. The van der Waals surface area contributed by atoms with Crippen LogP contribution in [-0.4, -0.2) is 81.8 Å². The van der Waals surface area contributed by atoms with Gasteiger partial charge in [-0.15, -0.1) is 0 Å². The Kier molecular flexibility index (Phi) is 13.2. The van der Waals surface area contributed by atoms with E-state index in [1.54, 1.807) is 0 Å². The molecule has 3 aliphatic rings. The molecule has 2 atom stereocenters. The molecule has 2 heterocycles. The molecule has 5 rings (SSSR count). The minimum absolute atomic E-state index is 0.0548. The molecule has 258 valence electrons. The molecule has 1 spiro atoms. The number of rotatable bonds is 7. The standard InChI is InChI=1S/C27H34N4O2.2C2HF3O2/c32-26(29-23-13-7-8-14-23)24-17-27(33-30-24)20-31(19-22-11-5-2-6-12-22)16-15-25(27)28-18-21-9-3-1-4-10-21;2*3-2(4,5)1(6)7/h1-6,9-12,23,25,28H,7-8,13-20H2,(H,29,32);2*(H,6,7). The summed E-state index contributed by atoms with van der Waals surface area (Å²) in [7, 11) is 0. The van der Waals surface area contributed by atoms with Gasteiger partial charge in [-0.2, -0.15) is 26.3 Å². The number of carboxylic acid groups (broad SMARTS) is 2. The number of alkyl halides is 6. The molecule has 2 aromatic rings. The van der Waals surface area contributed by atoms with Crippen LogP contribution in [0.4, 0.5) is 26.3 Å². The van der Waals surface area contributed by atoms with Crippen molar-refractivity contribution in [3.63, 3.8) is 0 Å². The smallest absolute Gasteiger partial charge is 0.475 e. The topological polar surface area (TPSA) is 141 Å². The van der Waals surface area contributed by atoms with Crippen molar-refractivity contribution in [2.45, 2.75) is 81.7 Å². The molecule has 47 heavy (non-hydrogen) atoms. The predicted octanol–water partition coefficient (Wildman–Crippen LogP) is 4.89. The van der Waals surface area contributed by atoms with Gasteiger partial charge in [-0.3, -0.25) is 9.69 Å². The predicted molar refractivity (Wildman–Crippen MR) is 157 cm³/mol. The van der Waals surface area contributed by atoms with E-state index >= 15 is 0 Å². The first-order chi connectivity index (χ1) is 22.1. The highest BCUT2D eigenvalue weighted by Gasteiger charge is 2.51. The molecule has 1 aliphatic carbocycles. The number of nitrogens with zero attached hydrogens (tertiary/aromatic N) is 2.